The highest BCUT2D eigenvalue weighted by atomic mass is 19.4. The lowest BCUT2D eigenvalue weighted by atomic mass is 9.75. The Morgan fingerprint density at radius 3 is 1.58 bits per heavy atom. The minimum absolute atomic E-state index is 0.0104. The van der Waals surface area contributed by atoms with Gasteiger partial charge in [-0.3, -0.25) is 4.79 Å². The molecule has 0 amide bonds. The zero-order chi connectivity index (χ0) is 17.2. The molecule has 0 heterocycles. The molecule has 0 aliphatic heterocycles. The molecular weight excluding hydrogens is 313 g/mol. The summed E-state index contributed by atoms with van der Waals surface area (Å²) in [5.41, 5.74) is 1.30. The van der Waals surface area contributed by atoms with Gasteiger partial charge in [0.05, 0.1) is 0 Å². The van der Waals surface area contributed by atoms with Crippen molar-refractivity contribution in [1.82, 2.24) is 0 Å². The molecule has 4 heteroatoms. The van der Waals surface area contributed by atoms with Crippen molar-refractivity contribution >= 4 is 5.78 Å². The topological polar surface area (TPSA) is 17.1 Å². The number of hydrogen-bond donors (Lipinski definition) is 0. The van der Waals surface area contributed by atoms with Gasteiger partial charge in [0.25, 0.3) is 5.78 Å². The Kier molecular flexibility index (Phi) is 5.31. The molecule has 2 aliphatic carbocycles. The normalized spacial score (nSPS) is 21.0. The van der Waals surface area contributed by atoms with E-state index >= 15 is 0 Å². The standard InChI is InChI=1S/C20H25F3O/c21-20(22,23)19(24)18-16(14-8-3-1-4-9-14)12-7-13-17(18)15-10-5-2-6-11-15/h7,12-15H,1-6,8-11H2. The van der Waals surface area contributed by atoms with Crippen molar-refractivity contribution in [3.05, 3.63) is 34.9 Å². The van der Waals surface area contributed by atoms with Crippen molar-refractivity contribution in [3.63, 3.8) is 0 Å². The summed E-state index contributed by atoms with van der Waals surface area (Å²) in [5, 5.41) is 0. The molecule has 0 aromatic heterocycles. The van der Waals surface area contributed by atoms with E-state index in [0.29, 0.717) is 11.1 Å². The summed E-state index contributed by atoms with van der Waals surface area (Å²) < 4.78 is 39.8. The van der Waals surface area contributed by atoms with Crippen molar-refractivity contribution in [2.75, 3.05) is 0 Å². The Labute approximate surface area is 141 Å². The number of hydrogen-bond acceptors (Lipinski definition) is 1. The average Bonchev–Trinajstić information content (AvgIpc) is 2.61. The molecule has 0 N–H and O–H groups in total. The van der Waals surface area contributed by atoms with Crippen LogP contribution in [0, 0.1) is 0 Å². The number of ketones is 1. The molecule has 24 heavy (non-hydrogen) atoms. The van der Waals surface area contributed by atoms with E-state index in [2.05, 4.69) is 0 Å². The Morgan fingerprint density at radius 2 is 1.21 bits per heavy atom. The summed E-state index contributed by atoms with van der Waals surface area (Å²) in [4.78, 5) is 12.3. The van der Waals surface area contributed by atoms with Gasteiger partial charge in [-0.05, 0) is 48.6 Å². The lowest BCUT2D eigenvalue weighted by Crippen LogP contribution is -2.27. The molecule has 132 valence electrons. The van der Waals surface area contributed by atoms with Crippen molar-refractivity contribution < 1.29 is 18.0 Å². The van der Waals surface area contributed by atoms with Gasteiger partial charge in [0.2, 0.25) is 0 Å². The predicted molar refractivity (Wildman–Crippen MR) is 88.5 cm³/mol. The quantitative estimate of drug-likeness (QED) is 0.573. The molecule has 0 saturated heterocycles. The van der Waals surface area contributed by atoms with Crippen LogP contribution in [0.2, 0.25) is 0 Å². The highest BCUT2D eigenvalue weighted by molar-refractivity contribution is 6.03. The fraction of sp³-hybridized carbons (Fsp3) is 0.650. The number of alkyl halides is 3. The van der Waals surface area contributed by atoms with Gasteiger partial charge in [-0.15, -0.1) is 0 Å². The van der Waals surface area contributed by atoms with Crippen LogP contribution in [0.15, 0.2) is 18.2 Å². The van der Waals surface area contributed by atoms with Crippen LogP contribution in [-0.2, 0) is 0 Å². The average molecular weight is 338 g/mol. The molecule has 0 bridgehead atoms. The smallest absolute Gasteiger partial charge is 0.284 e. The van der Waals surface area contributed by atoms with E-state index in [0.717, 1.165) is 64.2 Å². The zero-order valence-electron chi connectivity index (χ0n) is 14.0. The molecule has 3 rings (SSSR count). The molecule has 2 saturated carbocycles. The molecule has 1 aromatic rings. The van der Waals surface area contributed by atoms with E-state index in [-0.39, 0.29) is 17.4 Å². The molecule has 0 spiro atoms. The van der Waals surface area contributed by atoms with Crippen LogP contribution in [0.3, 0.4) is 0 Å². The number of carbonyl (C=O) groups is 1. The summed E-state index contributed by atoms with van der Waals surface area (Å²) >= 11 is 0. The van der Waals surface area contributed by atoms with Crippen LogP contribution >= 0.6 is 0 Å². The highest BCUT2D eigenvalue weighted by Crippen LogP contribution is 2.42. The van der Waals surface area contributed by atoms with Gasteiger partial charge in [-0.2, -0.15) is 13.2 Å². The monoisotopic (exact) mass is 338 g/mol. The number of rotatable bonds is 3. The number of Topliss-reactive ketones (excluding diaryl/α,β-unsaturated/α-hetero) is 1. The van der Waals surface area contributed by atoms with Crippen molar-refractivity contribution in [3.8, 4) is 0 Å². The third kappa shape index (κ3) is 3.68. The van der Waals surface area contributed by atoms with Crippen molar-refractivity contribution in [1.29, 1.82) is 0 Å². The van der Waals surface area contributed by atoms with Gasteiger partial charge in [0.15, 0.2) is 0 Å². The Hall–Kier alpha value is -1.32. The predicted octanol–water partition coefficient (Wildman–Crippen LogP) is 6.53. The largest absolute Gasteiger partial charge is 0.454 e. The van der Waals surface area contributed by atoms with Gasteiger partial charge in [0.1, 0.15) is 0 Å². The SMILES string of the molecule is O=C(c1c(C2CCCCC2)cccc1C1CCCCC1)C(F)(F)F. The molecule has 2 aliphatic rings. The summed E-state index contributed by atoms with van der Waals surface area (Å²) in [6, 6.07) is 5.39. The van der Waals surface area contributed by atoms with E-state index in [1.807, 2.05) is 6.07 Å². The molecule has 1 aromatic carbocycles. The lowest BCUT2D eigenvalue weighted by molar-refractivity contribution is -0.0886. The lowest BCUT2D eigenvalue weighted by Gasteiger charge is -2.29. The first-order valence-electron chi connectivity index (χ1n) is 9.23. The summed E-state index contributed by atoms with van der Waals surface area (Å²) in [7, 11) is 0. The number of benzene rings is 1. The minimum Gasteiger partial charge on any atom is -0.284 e. The van der Waals surface area contributed by atoms with E-state index in [1.54, 1.807) is 12.1 Å². The summed E-state index contributed by atoms with van der Waals surface area (Å²) in [6.45, 7) is 0. The zero-order valence-corrected chi connectivity index (χ0v) is 14.0. The fourth-order valence-corrected chi connectivity index (χ4v) is 4.50. The first-order chi connectivity index (χ1) is 11.5. The second kappa shape index (κ2) is 7.28. The number of halogens is 3. The van der Waals surface area contributed by atoms with Gasteiger partial charge in [-0.1, -0.05) is 56.7 Å². The van der Waals surface area contributed by atoms with E-state index in [9.17, 15) is 18.0 Å². The minimum atomic E-state index is -4.80. The maximum atomic E-state index is 13.3. The molecular formula is C20H25F3O. The van der Waals surface area contributed by atoms with Crippen LogP contribution in [0.25, 0.3) is 0 Å². The molecule has 0 radical (unpaired) electrons. The third-order valence-electron chi connectivity index (χ3n) is 5.70. The third-order valence-corrected chi connectivity index (χ3v) is 5.70. The summed E-state index contributed by atoms with van der Waals surface area (Å²) in [5.74, 6) is -1.43. The van der Waals surface area contributed by atoms with Crippen LogP contribution in [-0.4, -0.2) is 12.0 Å². The van der Waals surface area contributed by atoms with E-state index in [4.69, 9.17) is 0 Å². The Balaban J connectivity index is 2.05. The van der Waals surface area contributed by atoms with Crippen molar-refractivity contribution in [2.24, 2.45) is 0 Å². The Morgan fingerprint density at radius 1 is 0.792 bits per heavy atom. The van der Waals surface area contributed by atoms with E-state index in [1.165, 1.54) is 0 Å². The Bertz CT molecular complexity index is 543. The second-order valence-corrected chi connectivity index (χ2v) is 7.31. The molecule has 2 fully saturated rings. The van der Waals surface area contributed by atoms with E-state index < -0.39 is 12.0 Å². The maximum Gasteiger partial charge on any atom is 0.454 e. The van der Waals surface area contributed by atoms with Crippen LogP contribution in [0.1, 0.15) is 97.5 Å². The van der Waals surface area contributed by atoms with Gasteiger partial charge in [0, 0.05) is 5.56 Å². The first kappa shape index (κ1) is 17.5. The number of carbonyl (C=O) groups excluding carboxylic acids is 1. The molecule has 0 atom stereocenters. The van der Waals surface area contributed by atoms with Crippen LogP contribution < -0.4 is 0 Å². The fourth-order valence-electron chi connectivity index (χ4n) is 4.50. The molecule has 1 nitrogen and oxygen atoms in total. The van der Waals surface area contributed by atoms with Gasteiger partial charge in [-0.25, -0.2) is 0 Å². The summed E-state index contributed by atoms with van der Waals surface area (Å²) in [6.07, 6.45) is 5.22. The van der Waals surface area contributed by atoms with Crippen LogP contribution in [0.4, 0.5) is 13.2 Å². The molecule has 0 unspecified atom stereocenters. The van der Waals surface area contributed by atoms with Crippen molar-refractivity contribution in [2.45, 2.75) is 82.2 Å². The second-order valence-electron chi connectivity index (χ2n) is 7.31. The highest BCUT2D eigenvalue weighted by Gasteiger charge is 2.43. The van der Waals surface area contributed by atoms with Gasteiger partial charge >= 0.3 is 6.18 Å². The van der Waals surface area contributed by atoms with Crippen LogP contribution in [0.5, 0.6) is 0 Å². The van der Waals surface area contributed by atoms with Gasteiger partial charge < -0.3 is 0 Å². The first-order valence-corrected chi connectivity index (χ1v) is 9.23. The maximum absolute atomic E-state index is 13.3.